The summed E-state index contributed by atoms with van der Waals surface area (Å²) in [5, 5.41) is 14.2. The molecule has 1 unspecified atom stereocenters. The van der Waals surface area contributed by atoms with Crippen LogP contribution in [-0.2, 0) is 4.79 Å². The Kier molecular flexibility index (Phi) is 4.97. The van der Waals surface area contributed by atoms with Crippen molar-refractivity contribution in [3.05, 3.63) is 28.8 Å². The number of urea groups is 1. The van der Waals surface area contributed by atoms with E-state index in [0.717, 1.165) is 5.56 Å². The van der Waals surface area contributed by atoms with Gasteiger partial charge in [-0.3, -0.25) is 0 Å². The second kappa shape index (κ2) is 6.26. The third-order valence-electron chi connectivity index (χ3n) is 2.44. The van der Waals surface area contributed by atoms with E-state index < -0.39 is 18.0 Å². The Labute approximate surface area is 110 Å². The number of carbonyl (C=O) groups excluding carboxylic acids is 1. The molecule has 0 bridgehead atoms. The van der Waals surface area contributed by atoms with Gasteiger partial charge in [0.05, 0.1) is 0 Å². The number of halogens is 1. The fourth-order valence-electron chi connectivity index (χ4n) is 1.33. The van der Waals surface area contributed by atoms with E-state index in [4.69, 9.17) is 16.7 Å². The maximum Gasteiger partial charge on any atom is 0.326 e. The van der Waals surface area contributed by atoms with Crippen LogP contribution in [-0.4, -0.2) is 23.1 Å². The Morgan fingerprint density at radius 2 is 2.11 bits per heavy atom. The van der Waals surface area contributed by atoms with Crippen LogP contribution in [0.3, 0.4) is 0 Å². The number of hydrogen-bond acceptors (Lipinski definition) is 2. The normalized spacial score (nSPS) is 11.7. The van der Waals surface area contributed by atoms with Gasteiger partial charge in [-0.05, 0) is 31.0 Å². The van der Waals surface area contributed by atoms with Gasteiger partial charge in [0.25, 0.3) is 0 Å². The molecule has 0 aliphatic carbocycles. The molecule has 1 rings (SSSR count). The molecule has 0 heterocycles. The van der Waals surface area contributed by atoms with Crippen molar-refractivity contribution in [3.63, 3.8) is 0 Å². The maximum absolute atomic E-state index is 11.6. The quantitative estimate of drug-likeness (QED) is 0.787. The number of aryl methyl sites for hydroxylation is 1. The largest absolute Gasteiger partial charge is 0.480 e. The molecule has 2 amide bonds. The van der Waals surface area contributed by atoms with Crippen LogP contribution in [0.15, 0.2) is 18.2 Å². The first-order valence-corrected chi connectivity index (χ1v) is 5.88. The van der Waals surface area contributed by atoms with E-state index >= 15 is 0 Å². The van der Waals surface area contributed by atoms with Gasteiger partial charge in [-0.2, -0.15) is 0 Å². The molecule has 0 spiro atoms. The molecule has 0 radical (unpaired) electrons. The van der Waals surface area contributed by atoms with Crippen molar-refractivity contribution < 1.29 is 14.7 Å². The lowest BCUT2D eigenvalue weighted by Crippen LogP contribution is -2.42. The zero-order valence-corrected chi connectivity index (χ0v) is 10.9. The minimum Gasteiger partial charge on any atom is -0.480 e. The summed E-state index contributed by atoms with van der Waals surface area (Å²) in [6, 6.07) is 3.61. The summed E-state index contributed by atoms with van der Waals surface area (Å²) in [5.74, 6) is -1.06. The third-order valence-corrected chi connectivity index (χ3v) is 2.85. The van der Waals surface area contributed by atoms with Crippen LogP contribution < -0.4 is 10.6 Å². The van der Waals surface area contributed by atoms with Crippen LogP contribution in [0.4, 0.5) is 10.5 Å². The number of rotatable bonds is 4. The van der Waals surface area contributed by atoms with Crippen LogP contribution in [0, 0.1) is 6.92 Å². The summed E-state index contributed by atoms with van der Waals surface area (Å²) in [6.07, 6.45) is 0.317. The van der Waals surface area contributed by atoms with Crippen molar-refractivity contribution in [1.82, 2.24) is 5.32 Å². The molecule has 0 aliphatic heterocycles. The molecule has 1 aromatic rings. The van der Waals surface area contributed by atoms with Crippen molar-refractivity contribution in [2.45, 2.75) is 26.3 Å². The number of aliphatic carboxylic acids is 1. The minimum absolute atomic E-state index is 0.317. The van der Waals surface area contributed by atoms with E-state index in [-0.39, 0.29) is 0 Å². The number of benzene rings is 1. The van der Waals surface area contributed by atoms with Gasteiger partial charge in [0.2, 0.25) is 0 Å². The average Bonchev–Trinajstić information content (AvgIpc) is 2.30. The van der Waals surface area contributed by atoms with Gasteiger partial charge in [0.1, 0.15) is 6.04 Å². The van der Waals surface area contributed by atoms with Gasteiger partial charge in [-0.15, -0.1) is 0 Å². The van der Waals surface area contributed by atoms with E-state index in [1.54, 1.807) is 25.1 Å². The molecule has 1 aromatic carbocycles. The Hall–Kier alpha value is -1.75. The van der Waals surface area contributed by atoms with E-state index in [9.17, 15) is 9.59 Å². The number of amides is 2. The standard InChI is InChI=1S/C12H15ClN2O3/c1-3-10(11(16)17)15-12(18)14-8-5-4-7(2)9(13)6-8/h4-6,10H,3H2,1-2H3,(H,16,17)(H2,14,15,18). The third kappa shape index (κ3) is 3.92. The highest BCUT2D eigenvalue weighted by molar-refractivity contribution is 6.31. The molecule has 98 valence electrons. The number of carboxylic acids is 1. The van der Waals surface area contributed by atoms with Crippen molar-refractivity contribution in [3.8, 4) is 0 Å². The summed E-state index contributed by atoms with van der Waals surface area (Å²) in [5.41, 5.74) is 1.42. The van der Waals surface area contributed by atoms with Crippen molar-refractivity contribution in [1.29, 1.82) is 0 Å². The van der Waals surface area contributed by atoms with Crippen molar-refractivity contribution >= 4 is 29.3 Å². The van der Waals surface area contributed by atoms with Crippen molar-refractivity contribution in [2.24, 2.45) is 0 Å². The SMILES string of the molecule is CCC(NC(=O)Nc1ccc(C)c(Cl)c1)C(=O)O. The van der Waals surface area contributed by atoms with Crippen molar-refractivity contribution in [2.75, 3.05) is 5.32 Å². The molecule has 3 N–H and O–H groups in total. The molecule has 1 atom stereocenters. The monoisotopic (exact) mass is 270 g/mol. The molecule has 0 saturated carbocycles. The summed E-state index contributed by atoms with van der Waals surface area (Å²) in [7, 11) is 0. The Balaban J connectivity index is 2.64. The summed E-state index contributed by atoms with van der Waals surface area (Å²) < 4.78 is 0. The van der Waals surface area contributed by atoms with Gasteiger partial charge in [0, 0.05) is 10.7 Å². The van der Waals surface area contributed by atoms with Crippen LogP contribution >= 0.6 is 11.6 Å². The predicted octanol–water partition coefficient (Wildman–Crippen LogP) is 2.63. The minimum atomic E-state index is -1.06. The molecular weight excluding hydrogens is 256 g/mol. The second-order valence-electron chi connectivity index (χ2n) is 3.86. The fraction of sp³-hybridized carbons (Fsp3) is 0.333. The van der Waals surface area contributed by atoms with Gasteiger partial charge in [-0.25, -0.2) is 9.59 Å². The lowest BCUT2D eigenvalue weighted by Gasteiger charge is -2.13. The number of carboxylic acid groups (broad SMARTS) is 1. The summed E-state index contributed by atoms with van der Waals surface area (Å²) in [4.78, 5) is 22.3. The molecule has 0 aliphatic rings. The first kappa shape index (κ1) is 14.3. The lowest BCUT2D eigenvalue weighted by atomic mass is 10.2. The smallest absolute Gasteiger partial charge is 0.326 e. The number of nitrogens with one attached hydrogen (secondary N) is 2. The molecule has 18 heavy (non-hydrogen) atoms. The fourth-order valence-corrected chi connectivity index (χ4v) is 1.51. The van der Waals surface area contributed by atoms with E-state index in [0.29, 0.717) is 17.1 Å². The zero-order valence-electron chi connectivity index (χ0n) is 10.2. The van der Waals surface area contributed by atoms with E-state index in [1.165, 1.54) is 0 Å². The Morgan fingerprint density at radius 3 is 2.61 bits per heavy atom. The van der Waals surface area contributed by atoms with E-state index in [1.807, 2.05) is 6.92 Å². The van der Waals surface area contributed by atoms with Gasteiger partial charge in [0.15, 0.2) is 0 Å². The van der Waals surface area contributed by atoms with Crippen LogP contribution in [0.1, 0.15) is 18.9 Å². The highest BCUT2D eigenvalue weighted by atomic mass is 35.5. The average molecular weight is 271 g/mol. The van der Waals surface area contributed by atoms with Gasteiger partial charge < -0.3 is 15.7 Å². The Morgan fingerprint density at radius 1 is 1.44 bits per heavy atom. The topological polar surface area (TPSA) is 78.4 Å². The van der Waals surface area contributed by atoms with Gasteiger partial charge >= 0.3 is 12.0 Å². The lowest BCUT2D eigenvalue weighted by molar-refractivity contribution is -0.139. The van der Waals surface area contributed by atoms with Crippen LogP contribution in [0.2, 0.25) is 5.02 Å². The molecule has 0 saturated heterocycles. The number of anilines is 1. The second-order valence-corrected chi connectivity index (χ2v) is 4.27. The first-order valence-electron chi connectivity index (χ1n) is 5.50. The highest BCUT2D eigenvalue weighted by Crippen LogP contribution is 2.19. The molecule has 0 fully saturated rings. The first-order chi connectivity index (χ1) is 8.43. The van der Waals surface area contributed by atoms with E-state index in [2.05, 4.69) is 10.6 Å². The maximum atomic E-state index is 11.6. The zero-order chi connectivity index (χ0) is 13.7. The molecule has 6 heteroatoms. The van der Waals surface area contributed by atoms with Crippen LogP contribution in [0.5, 0.6) is 0 Å². The predicted molar refractivity (Wildman–Crippen MR) is 70.1 cm³/mol. The number of hydrogen-bond donors (Lipinski definition) is 3. The van der Waals surface area contributed by atoms with Gasteiger partial charge in [-0.1, -0.05) is 24.6 Å². The Bertz CT molecular complexity index is 463. The molecule has 5 nitrogen and oxygen atoms in total. The van der Waals surface area contributed by atoms with Crippen LogP contribution in [0.25, 0.3) is 0 Å². The molecular formula is C12H15ClN2O3. The summed E-state index contributed by atoms with van der Waals surface area (Å²) in [6.45, 7) is 3.53. The molecule has 0 aromatic heterocycles. The summed E-state index contributed by atoms with van der Waals surface area (Å²) >= 11 is 5.91. The highest BCUT2D eigenvalue weighted by Gasteiger charge is 2.17. The number of carbonyl (C=O) groups is 2.